The smallest absolute Gasteiger partial charge is 0.319 e. The van der Waals surface area contributed by atoms with Gasteiger partial charge in [0.2, 0.25) is 0 Å². The first-order chi connectivity index (χ1) is 9.78. The van der Waals surface area contributed by atoms with Crippen LogP contribution in [0, 0.1) is 5.41 Å². The van der Waals surface area contributed by atoms with E-state index in [1.807, 2.05) is 37.2 Å². The third kappa shape index (κ3) is 4.66. The lowest BCUT2D eigenvalue weighted by Crippen LogP contribution is -2.42. The summed E-state index contributed by atoms with van der Waals surface area (Å²) in [5.74, 6) is -0.917. The number of benzene rings is 1. The van der Waals surface area contributed by atoms with E-state index < -0.39 is 17.4 Å². The van der Waals surface area contributed by atoms with Crippen LogP contribution < -0.4 is 15.5 Å². The first-order valence-electron chi connectivity index (χ1n) is 6.84. The summed E-state index contributed by atoms with van der Waals surface area (Å²) >= 11 is 0. The summed E-state index contributed by atoms with van der Waals surface area (Å²) in [6, 6.07) is 6.99. The molecule has 116 valence electrons. The maximum absolute atomic E-state index is 11.9. The van der Waals surface area contributed by atoms with Crippen LogP contribution in [0.3, 0.4) is 0 Å². The van der Waals surface area contributed by atoms with Crippen molar-refractivity contribution in [3.8, 4) is 0 Å². The highest BCUT2D eigenvalue weighted by molar-refractivity contribution is 5.90. The number of urea groups is 1. The Balaban J connectivity index is 2.62. The maximum Gasteiger partial charge on any atom is 0.319 e. The number of hydrogen-bond acceptors (Lipinski definition) is 3. The van der Waals surface area contributed by atoms with Gasteiger partial charge in [-0.3, -0.25) is 4.79 Å². The Morgan fingerprint density at radius 2 is 2.00 bits per heavy atom. The molecule has 0 aliphatic carbocycles. The second-order valence-electron chi connectivity index (χ2n) is 5.47. The van der Waals surface area contributed by atoms with Crippen molar-refractivity contribution in [2.75, 3.05) is 30.9 Å². The highest BCUT2D eigenvalue weighted by Crippen LogP contribution is 2.20. The fraction of sp³-hybridized carbons (Fsp3) is 0.467. The van der Waals surface area contributed by atoms with Gasteiger partial charge in [-0.2, -0.15) is 0 Å². The molecule has 0 bridgehead atoms. The SMILES string of the molecule is CCC(C)(CNC(=O)Nc1cccc(N(C)C)c1)C(=O)O. The molecular formula is C15H23N3O3. The number of nitrogens with zero attached hydrogens (tertiary/aromatic N) is 1. The minimum atomic E-state index is -0.956. The minimum Gasteiger partial charge on any atom is -0.481 e. The molecule has 2 amide bonds. The molecule has 6 heteroatoms. The van der Waals surface area contributed by atoms with Gasteiger partial charge in [0.15, 0.2) is 0 Å². The van der Waals surface area contributed by atoms with Crippen LogP contribution in [0.15, 0.2) is 24.3 Å². The van der Waals surface area contributed by atoms with E-state index in [0.717, 1.165) is 5.69 Å². The quantitative estimate of drug-likeness (QED) is 0.752. The average Bonchev–Trinajstić information content (AvgIpc) is 2.44. The predicted molar refractivity (Wildman–Crippen MR) is 83.8 cm³/mol. The van der Waals surface area contributed by atoms with Crippen LogP contribution >= 0.6 is 0 Å². The van der Waals surface area contributed by atoms with Crippen LogP contribution in [0.5, 0.6) is 0 Å². The summed E-state index contributed by atoms with van der Waals surface area (Å²) in [5, 5.41) is 14.5. The van der Waals surface area contributed by atoms with E-state index in [9.17, 15) is 9.59 Å². The van der Waals surface area contributed by atoms with Gasteiger partial charge >= 0.3 is 12.0 Å². The second-order valence-corrected chi connectivity index (χ2v) is 5.47. The number of carboxylic acid groups (broad SMARTS) is 1. The fourth-order valence-corrected chi connectivity index (χ4v) is 1.66. The molecule has 1 aromatic carbocycles. The molecule has 1 unspecified atom stereocenters. The Labute approximate surface area is 125 Å². The van der Waals surface area contributed by atoms with E-state index in [0.29, 0.717) is 12.1 Å². The lowest BCUT2D eigenvalue weighted by Gasteiger charge is -2.23. The third-order valence-electron chi connectivity index (χ3n) is 3.56. The van der Waals surface area contributed by atoms with Gasteiger partial charge in [-0.1, -0.05) is 13.0 Å². The van der Waals surface area contributed by atoms with Gasteiger partial charge in [-0.15, -0.1) is 0 Å². The zero-order valence-corrected chi connectivity index (χ0v) is 12.9. The van der Waals surface area contributed by atoms with Crippen molar-refractivity contribution < 1.29 is 14.7 Å². The van der Waals surface area contributed by atoms with Crippen molar-refractivity contribution in [2.45, 2.75) is 20.3 Å². The van der Waals surface area contributed by atoms with E-state index in [2.05, 4.69) is 10.6 Å². The molecule has 0 saturated carbocycles. The van der Waals surface area contributed by atoms with Crippen molar-refractivity contribution in [3.63, 3.8) is 0 Å². The van der Waals surface area contributed by atoms with Crippen molar-refractivity contribution in [1.29, 1.82) is 0 Å². The Kier molecular flexibility index (Phi) is 5.58. The number of amides is 2. The molecule has 0 aromatic heterocycles. The number of carbonyl (C=O) groups excluding carboxylic acids is 1. The first-order valence-corrected chi connectivity index (χ1v) is 6.84. The van der Waals surface area contributed by atoms with E-state index >= 15 is 0 Å². The molecule has 0 fully saturated rings. The van der Waals surface area contributed by atoms with Crippen molar-refractivity contribution in [1.82, 2.24) is 5.32 Å². The normalized spacial score (nSPS) is 13.1. The molecule has 1 rings (SSSR count). The van der Waals surface area contributed by atoms with Crippen molar-refractivity contribution >= 4 is 23.4 Å². The minimum absolute atomic E-state index is 0.0814. The predicted octanol–water partition coefficient (Wildman–Crippen LogP) is 2.38. The Morgan fingerprint density at radius 3 is 2.52 bits per heavy atom. The topological polar surface area (TPSA) is 81.7 Å². The summed E-state index contributed by atoms with van der Waals surface area (Å²) in [5.41, 5.74) is 0.673. The van der Waals surface area contributed by atoms with E-state index in [1.165, 1.54) is 0 Å². The Hall–Kier alpha value is -2.24. The van der Waals surface area contributed by atoms with Crippen LogP contribution in [0.4, 0.5) is 16.2 Å². The van der Waals surface area contributed by atoms with Gasteiger partial charge in [0.1, 0.15) is 0 Å². The number of rotatable bonds is 6. The summed E-state index contributed by atoms with van der Waals surface area (Å²) in [6.45, 7) is 3.48. The Morgan fingerprint density at radius 1 is 1.33 bits per heavy atom. The molecule has 6 nitrogen and oxygen atoms in total. The highest BCUT2D eigenvalue weighted by atomic mass is 16.4. The highest BCUT2D eigenvalue weighted by Gasteiger charge is 2.31. The first kappa shape index (κ1) is 16.8. The molecule has 0 heterocycles. The molecule has 0 aliphatic heterocycles. The average molecular weight is 293 g/mol. The van der Waals surface area contributed by atoms with Gasteiger partial charge in [0.25, 0.3) is 0 Å². The summed E-state index contributed by atoms with van der Waals surface area (Å²) < 4.78 is 0. The maximum atomic E-state index is 11.9. The van der Waals surface area contributed by atoms with Crippen molar-refractivity contribution in [2.24, 2.45) is 5.41 Å². The molecule has 21 heavy (non-hydrogen) atoms. The van der Waals surface area contributed by atoms with Gasteiger partial charge in [0.05, 0.1) is 5.41 Å². The number of nitrogens with one attached hydrogen (secondary N) is 2. The number of aliphatic carboxylic acids is 1. The molecule has 3 N–H and O–H groups in total. The molecule has 1 aromatic rings. The third-order valence-corrected chi connectivity index (χ3v) is 3.56. The Bertz CT molecular complexity index is 517. The molecular weight excluding hydrogens is 270 g/mol. The van der Waals surface area contributed by atoms with Crippen molar-refractivity contribution in [3.05, 3.63) is 24.3 Å². The molecule has 1 atom stereocenters. The largest absolute Gasteiger partial charge is 0.481 e. The second kappa shape index (κ2) is 6.97. The summed E-state index contributed by atoms with van der Waals surface area (Å²) in [7, 11) is 3.83. The molecule has 0 aliphatic rings. The number of anilines is 2. The van der Waals surface area contributed by atoms with E-state index in [4.69, 9.17) is 5.11 Å². The number of carboxylic acids is 1. The molecule has 0 radical (unpaired) electrons. The van der Waals surface area contributed by atoms with Crippen LogP contribution in [-0.4, -0.2) is 37.7 Å². The van der Waals surface area contributed by atoms with Gasteiger partial charge in [-0.05, 0) is 31.5 Å². The van der Waals surface area contributed by atoms with E-state index in [-0.39, 0.29) is 6.54 Å². The monoisotopic (exact) mass is 293 g/mol. The zero-order valence-electron chi connectivity index (χ0n) is 12.9. The number of carbonyl (C=O) groups is 2. The van der Waals surface area contributed by atoms with Crippen LogP contribution in [-0.2, 0) is 4.79 Å². The van der Waals surface area contributed by atoms with Gasteiger partial charge < -0.3 is 20.6 Å². The van der Waals surface area contributed by atoms with Gasteiger partial charge in [-0.25, -0.2) is 4.79 Å². The zero-order chi connectivity index (χ0) is 16.0. The summed E-state index contributed by atoms with van der Waals surface area (Å²) in [4.78, 5) is 24.9. The van der Waals surface area contributed by atoms with E-state index in [1.54, 1.807) is 19.9 Å². The van der Waals surface area contributed by atoms with Crippen LogP contribution in [0.2, 0.25) is 0 Å². The fourth-order valence-electron chi connectivity index (χ4n) is 1.66. The lowest BCUT2D eigenvalue weighted by molar-refractivity contribution is -0.147. The number of hydrogen-bond donors (Lipinski definition) is 3. The standard InChI is InChI=1S/C15H23N3O3/c1-5-15(2,13(19)20)10-16-14(21)17-11-7-6-8-12(9-11)18(3)4/h6-9H,5,10H2,1-4H3,(H,19,20)(H2,16,17,21). The lowest BCUT2D eigenvalue weighted by atomic mass is 9.88. The summed E-state index contributed by atoms with van der Waals surface area (Å²) in [6.07, 6.45) is 0.443. The van der Waals surface area contributed by atoms with Crippen LogP contribution in [0.25, 0.3) is 0 Å². The van der Waals surface area contributed by atoms with Gasteiger partial charge in [0, 0.05) is 32.0 Å². The molecule has 0 saturated heterocycles. The molecule has 0 spiro atoms. The van der Waals surface area contributed by atoms with Crippen LogP contribution in [0.1, 0.15) is 20.3 Å².